The lowest BCUT2D eigenvalue weighted by Gasteiger charge is -2.18. The maximum absolute atomic E-state index is 11.5. The molecule has 0 saturated carbocycles. The van der Waals surface area contributed by atoms with E-state index in [9.17, 15) is 4.79 Å². The predicted molar refractivity (Wildman–Crippen MR) is 63.4 cm³/mol. The lowest BCUT2D eigenvalue weighted by molar-refractivity contribution is -0.122. The van der Waals surface area contributed by atoms with Crippen LogP contribution in [-0.2, 0) is 4.79 Å². The zero-order chi connectivity index (χ0) is 11.0. The Morgan fingerprint density at radius 1 is 1.71 bits per heavy atom. The fourth-order valence-corrected chi connectivity index (χ4v) is 1.78. The summed E-state index contributed by atoms with van der Waals surface area (Å²) in [6, 6.07) is -0.225. The van der Waals surface area contributed by atoms with Gasteiger partial charge in [-0.2, -0.15) is 11.8 Å². The van der Waals surface area contributed by atoms with Gasteiger partial charge < -0.3 is 11.1 Å². The number of hydrogen-bond donors (Lipinski definition) is 2. The maximum Gasteiger partial charge on any atom is 0.237 e. The van der Waals surface area contributed by atoms with E-state index in [1.165, 1.54) is 0 Å². The molecule has 14 heavy (non-hydrogen) atoms. The largest absolute Gasteiger partial charge is 0.351 e. The van der Waals surface area contributed by atoms with Gasteiger partial charge in [-0.15, -0.1) is 6.58 Å². The highest BCUT2D eigenvalue weighted by Gasteiger charge is 2.15. The molecular formula is C10H20N2OS. The minimum atomic E-state index is -0.455. The van der Waals surface area contributed by atoms with E-state index in [0.717, 1.165) is 12.2 Å². The van der Waals surface area contributed by atoms with Crippen LogP contribution < -0.4 is 11.1 Å². The van der Waals surface area contributed by atoms with Crippen LogP contribution in [0.25, 0.3) is 0 Å². The molecule has 0 aliphatic heterocycles. The lowest BCUT2D eigenvalue weighted by atomic mass is 10.2. The molecule has 82 valence electrons. The van der Waals surface area contributed by atoms with E-state index in [1.807, 2.05) is 6.26 Å². The predicted octanol–water partition coefficient (Wildman–Crippen LogP) is 1.15. The van der Waals surface area contributed by atoms with E-state index >= 15 is 0 Å². The van der Waals surface area contributed by atoms with E-state index in [1.54, 1.807) is 17.8 Å². The van der Waals surface area contributed by atoms with Crippen LogP contribution in [0.2, 0.25) is 0 Å². The first-order chi connectivity index (χ1) is 6.65. The summed E-state index contributed by atoms with van der Waals surface area (Å²) < 4.78 is 0. The smallest absolute Gasteiger partial charge is 0.237 e. The average Bonchev–Trinajstić information content (AvgIpc) is 2.17. The third-order valence-corrected chi connectivity index (χ3v) is 2.70. The highest BCUT2D eigenvalue weighted by molar-refractivity contribution is 7.98. The highest BCUT2D eigenvalue weighted by atomic mass is 32.2. The molecule has 0 radical (unpaired) electrons. The van der Waals surface area contributed by atoms with Gasteiger partial charge in [0.1, 0.15) is 0 Å². The van der Waals surface area contributed by atoms with Gasteiger partial charge in [0.05, 0.1) is 6.04 Å². The first-order valence-electron chi connectivity index (χ1n) is 4.81. The summed E-state index contributed by atoms with van der Waals surface area (Å²) in [5, 5.41) is 2.92. The zero-order valence-electron chi connectivity index (χ0n) is 8.95. The molecule has 0 heterocycles. The third-order valence-electron chi connectivity index (χ3n) is 1.96. The van der Waals surface area contributed by atoms with Crippen molar-refractivity contribution in [2.75, 3.05) is 12.0 Å². The Balaban J connectivity index is 3.94. The molecule has 0 fully saturated rings. The van der Waals surface area contributed by atoms with E-state index < -0.39 is 6.04 Å². The molecule has 3 nitrogen and oxygen atoms in total. The first kappa shape index (κ1) is 13.5. The minimum absolute atomic E-state index is 0.0780. The molecule has 0 aliphatic carbocycles. The minimum Gasteiger partial charge on any atom is -0.351 e. The number of nitrogens with one attached hydrogen (secondary N) is 1. The molecule has 4 heteroatoms. The Hall–Kier alpha value is -0.480. The topological polar surface area (TPSA) is 55.1 Å². The van der Waals surface area contributed by atoms with Crippen molar-refractivity contribution in [1.29, 1.82) is 0 Å². The zero-order valence-corrected chi connectivity index (χ0v) is 9.77. The number of amides is 1. The number of thioether (sulfide) groups is 1. The second kappa shape index (κ2) is 7.88. The molecular weight excluding hydrogens is 196 g/mol. The van der Waals surface area contributed by atoms with Gasteiger partial charge in [0.15, 0.2) is 0 Å². The molecule has 3 N–H and O–H groups in total. The van der Waals surface area contributed by atoms with Crippen molar-refractivity contribution in [3.8, 4) is 0 Å². The third kappa shape index (κ3) is 5.29. The number of hydrogen-bond acceptors (Lipinski definition) is 3. The molecule has 2 unspecified atom stereocenters. The molecule has 1 amide bonds. The monoisotopic (exact) mass is 216 g/mol. The van der Waals surface area contributed by atoms with Crippen LogP contribution in [0.5, 0.6) is 0 Å². The van der Waals surface area contributed by atoms with E-state index in [-0.39, 0.29) is 11.9 Å². The summed E-state index contributed by atoms with van der Waals surface area (Å²) in [4.78, 5) is 11.5. The van der Waals surface area contributed by atoms with Gasteiger partial charge in [-0.25, -0.2) is 0 Å². The van der Waals surface area contributed by atoms with Crippen molar-refractivity contribution in [3.63, 3.8) is 0 Å². The Labute approximate surface area is 90.5 Å². The Bertz CT molecular complexity index is 185. The number of nitrogens with two attached hydrogens (primary N) is 1. The van der Waals surface area contributed by atoms with Gasteiger partial charge in [0.25, 0.3) is 0 Å². The Kier molecular flexibility index (Phi) is 7.61. The van der Waals surface area contributed by atoms with E-state index in [4.69, 9.17) is 5.73 Å². The van der Waals surface area contributed by atoms with Crippen molar-refractivity contribution < 1.29 is 4.79 Å². The summed E-state index contributed by atoms with van der Waals surface area (Å²) in [7, 11) is 0. The average molecular weight is 216 g/mol. The van der Waals surface area contributed by atoms with Crippen LogP contribution in [-0.4, -0.2) is 30.0 Å². The van der Waals surface area contributed by atoms with Crippen molar-refractivity contribution in [1.82, 2.24) is 5.32 Å². The molecule has 0 aromatic carbocycles. The molecule has 0 bridgehead atoms. The quantitative estimate of drug-likeness (QED) is 0.628. The normalized spacial score (nSPS) is 14.5. The fourth-order valence-electron chi connectivity index (χ4n) is 1.06. The summed E-state index contributed by atoms with van der Waals surface area (Å²) in [5.74, 6) is 0.856. The first-order valence-corrected chi connectivity index (χ1v) is 6.20. The number of carbonyl (C=O) groups excluding carboxylic acids is 1. The van der Waals surface area contributed by atoms with Crippen LogP contribution in [0.15, 0.2) is 12.7 Å². The van der Waals surface area contributed by atoms with Gasteiger partial charge in [0.2, 0.25) is 5.91 Å². The Morgan fingerprint density at radius 3 is 2.79 bits per heavy atom. The highest BCUT2D eigenvalue weighted by Crippen LogP contribution is 2.01. The van der Waals surface area contributed by atoms with Gasteiger partial charge in [0, 0.05) is 11.8 Å². The summed E-state index contributed by atoms with van der Waals surface area (Å²) in [6.07, 6.45) is 5.16. The SMILES string of the molecule is C=CCC(N)C(=O)NC(CC)CSC. The van der Waals surface area contributed by atoms with Gasteiger partial charge in [-0.05, 0) is 19.1 Å². The van der Waals surface area contributed by atoms with Crippen LogP contribution >= 0.6 is 11.8 Å². The summed E-state index contributed by atoms with van der Waals surface area (Å²) in [5.41, 5.74) is 5.64. The summed E-state index contributed by atoms with van der Waals surface area (Å²) in [6.45, 7) is 5.61. The van der Waals surface area contributed by atoms with E-state index in [0.29, 0.717) is 6.42 Å². The van der Waals surface area contributed by atoms with E-state index in [2.05, 4.69) is 18.8 Å². The summed E-state index contributed by atoms with van der Waals surface area (Å²) >= 11 is 1.73. The van der Waals surface area contributed by atoms with Crippen molar-refractivity contribution in [2.24, 2.45) is 5.73 Å². The van der Waals surface area contributed by atoms with Crippen molar-refractivity contribution in [2.45, 2.75) is 31.8 Å². The molecule has 0 aromatic rings. The molecule has 2 atom stereocenters. The van der Waals surface area contributed by atoms with Gasteiger partial charge >= 0.3 is 0 Å². The second-order valence-corrected chi connectivity index (χ2v) is 4.11. The van der Waals surface area contributed by atoms with Gasteiger partial charge in [-0.3, -0.25) is 4.79 Å². The number of rotatable bonds is 7. The lowest BCUT2D eigenvalue weighted by Crippen LogP contribution is -2.45. The number of carbonyl (C=O) groups is 1. The van der Waals surface area contributed by atoms with Crippen molar-refractivity contribution >= 4 is 17.7 Å². The fraction of sp³-hybridized carbons (Fsp3) is 0.700. The van der Waals surface area contributed by atoms with Crippen LogP contribution in [0.4, 0.5) is 0 Å². The Morgan fingerprint density at radius 2 is 2.36 bits per heavy atom. The molecule has 0 aromatic heterocycles. The molecule has 0 aliphatic rings. The molecule has 0 saturated heterocycles. The second-order valence-electron chi connectivity index (χ2n) is 3.20. The van der Waals surface area contributed by atoms with Gasteiger partial charge in [-0.1, -0.05) is 13.0 Å². The van der Waals surface area contributed by atoms with Crippen LogP contribution in [0.1, 0.15) is 19.8 Å². The van der Waals surface area contributed by atoms with Crippen molar-refractivity contribution in [3.05, 3.63) is 12.7 Å². The standard InChI is InChI=1S/C10H20N2OS/c1-4-6-9(11)10(13)12-8(5-2)7-14-3/h4,8-9H,1,5-7,11H2,2-3H3,(H,12,13). The van der Waals surface area contributed by atoms with Crippen LogP contribution in [0.3, 0.4) is 0 Å². The molecule has 0 rings (SSSR count). The maximum atomic E-state index is 11.5. The molecule has 0 spiro atoms. The van der Waals surface area contributed by atoms with Crippen LogP contribution in [0, 0.1) is 0 Å².